The first-order valence-electron chi connectivity index (χ1n) is 10.7. The van der Waals surface area contributed by atoms with Gasteiger partial charge in [-0.1, -0.05) is 43.3 Å². The molecule has 0 spiro atoms. The summed E-state index contributed by atoms with van der Waals surface area (Å²) >= 11 is 1.18. The Kier molecular flexibility index (Phi) is 6.65. The summed E-state index contributed by atoms with van der Waals surface area (Å²) in [6.45, 7) is 6.22. The van der Waals surface area contributed by atoms with Gasteiger partial charge in [-0.15, -0.1) is 0 Å². The molecular weight excluding hydrogens is 478 g/mol. The number of nitro benzene ring substituents is 1. The smallest absolute Gasteiger partial charge is 0.271 e. The third-order valence-electron chi connectivity index (χ3n) is 5.71. The average molecular weight is 504 g/mol. The fourth-order valence-corrected chi connectivity index (χ4v) is 6.55. The molecule has 1 aliphatic rings. The van der Waals surface area contributed by atoms with Gasteiger partial charge in [0.05, 0.1) is 26.6 Å². The molecule has 1 aromatic heterocycles. The number of amides is 1. The van der Waals surface area contributed by atoms with Crippen molar-refractivity contribution in [1.29, 1.82) is 0 Å². The molecule has 34 heavy (non-hydrogen) atoms. The number of carbonyl (C=O) groups is 1. The van der Waals surface area contributed by atoms with E-state index in [1.54, 1.807) is 35.2 Å². The number of sulfonamides is 1. The number of imidazole rings is 1. The third kappa shape index (κ3) is 4.65. The minimum atomic E-state index is -3.75. The van der Waals surface area contributed by atoms with Crippen molar-refractivity contribution in [2.75, 3.05) is 18.8 Å². The van der Waals surface area contributed by atoms with Crippen molar-refractivity contribution in [3.05, 3.63) is 58.1 Å². The van der Waals surface area contributed by atoms with Crippen LogP contribution in [0.3, 0.4) is 0 Å². The normalized spacial score (nSPS) is 17.1. The van der Waals surface area contributed by atoms with E-state index < -0.39 is 21.1 Å². The minimum Gasteiger partial charge on any atom is -0.333 e. The number of fused-ring (bicyclic) bond motifs is 1. The van der Waals surface area contributed by atoms with Crippen molar-refractivity contribution in [3.63, 3.8) is 0 Å². The van der Waals surface area contributed by atoms with Gasteiger partial charge in [-0.05, 0) is 31.0 Å². The van der Waals surface area contributed by atoms with E-state index >= 15 is 0 Å². The summed E-state index contributed by atoms with van der Waals surface area (Å²) < 4.78 is 28.0. The van der Waals surface area contributed by atoms with Crippen LogP contribution in [0.1, 0.15) is 19.4 Å². The minimum absolute atomic E-state index is 0.0458. The molecule has 1 saturated heterocycles. The van der Waals surface area contributed by atoms with Gasteiger partial charge in [-0.2, -0.15) is 4.31 Å². The lowest BCUT2D eigenvalue weighted by Gasteiger charge is -2.32. The lowest BCUT2D eigenvalue weighted by Crippen LogP contribution is -2.48. The molecule has 0 saturated carbocycles. The standard InChI is InChI=1S/C22H25N5O5S2/c1-14(2)21-25(10-11-26(21)34(31,32)17-7-4-15(3)5-8-17)20(28)13-33-22-23-18-9-6-16(27(29)30)12-19(18)24-22/h4-9,12,14,21H,10-11,13H2,1-3H3,(H,23,24). The van der Waals surface area contributed by atoms with E-state index in [1.807, 2.05) is 20.8 Å². The van der Waals surface area contributed by atoms with E-state index in [-0.39, 0.29) is 34.7 Å². The van der Waals surface area contributed by atoms with E-state index in [2.05, 4.69) is 9.97 Å². The Morgan fingerprint density at radius 2 is 1.94 bits per heavy atom. The molecule has 1 fully saturated rings. The molecule has 0 radical (unpaired) electrons. The number of carbonyl (C=O) groups excluding carboxylic acids is 1. The summed E-state index contributed by atoms with van der Waals surface area (Å²) in [6, 6.07) is 11.0. The summed E-state index contributed by atoms with van der Waals surface area (Å²) in [5.74, 6) is -0.246. The zero-order valence-electron chi connectivity index (χ0n) is 19.0. The van der Waals surface area contributed by atoms with Crippen LogP contribution in [-0.2, 0) is 14.8 Å². The Morgan fingerprint density at radius 1 is 1.24 bits per heavy atom. The number of non-ortho nitro benzene ring substituents is 1. The van der Waals surface area contributed by atoms with Gasteiger partial charge in [0.1, 0.15) is 6.17 Å². The van der Waals surface area contributed by atoms with Crippen LogP contribution >= 0.6 is 11.8 Å². The number of aromatic nitrogens is 2. The quantitative estimate of drug-likeness (QED) is 0.297. The summed E-state index contributed by atoms with van der Waals surface area (Å²) in [7, 11) is -3.75. The van der Waals surface area contributed by atoms with E-state index in [0.717, 1.165) is 5.56 Å². The van der Waals surface area contributed by atoms with Crippen LogP contribution in [0.5, 0.6) is 0 Å². The summed E-state index contributed by atoms with van der Waals surface area (Å²) in [4.78, 5) is 32.8. The number of nitro groups is 1. The fourth-order valence-electron chi connectivity index (χ4n) is 4.07. The van der Waals surface area contributed by atoms with Crippen molar-refractivity contribution < 1.29 is 18.1 Å². The number of nitrogens with one attached hydrogen (secondary N) is 1. The van der Waals surface area contributed by atoms with Crippen LogP contribution < -0.4 is 0 Å². The zero-order valence-corrected chi connectivity index (χ0v) is 20.6. The number of nitrogens with zero attached hydrogens (tertiary/aromatic N) is 4. The molecule has 12 heteroatoms. The highest BCUT2D eigenvalue weighted by atomic mass is 32.2. The summed E-state index contributed by atoms with van der Waals surface area (Å²) in [6.07, 6.45) is -0.585. The van der Waals surface area contributed by atoms with Crippen LogP contribution in [0.15, 0.2) is 52.5 Å². The first kappa shape index (κ1) is 24.2. The van der Waals surface area contributed by atoms with Gasteiger partial charge in [0.15, 0.2) is 5.16 Å². The maximum Gasteiger partial charge on any atom is 0.271 e. The van der Waals surface area contributed by atoms with Crippen molar-refractivity contribution in [2.24, 2.45) is 5.92 Å². The van der Waals surface area contributed by atoms with E-state index in [4.69, 9.17) is 0 Å². The number of benzene rings is 2. The molecule has 180 valence electrons. The Hall–Kier alpha value is -2.96. The molecule has 0 bridgehead atoms. The van der Waals surface area contributed by atoms with Gasteiger partial charge in [0, 0.05) is 25.2 Å². The van der Waals surface area contributed by atoms with Gasteiger partial charge in [-0.3, -0.25) is 14.9 Å². The molecule has 3 aromatic rings. The molecule has 4 rings (SSSR count). The topological polar surface area (TPSA) is 130 Å². The Bertz CT molecular complexity index is 1340. The van der Waals surface area contributed by atoms with E-state index in [0.29, 0.717) is 22.7 Å². The molecule has 1 N–H and O–H groups in total. The lowest BCUT2D eigenvalue weighted by atomic mass is 10.1. The summed E-state index contributed by atoms with van der Waals surface area (Å²) in [5, 5.41) is 11.4. The van der Waals surface area contributed by atoms with Crippen molar-refractivity contribution >= 4 is 44.4 Å². The molecule has 0 aliphatic carbocycles. The van der Waals surface area contributed by atoms with Crippen molar-refractivity contribution in [1.82, 2.24) is 19.2 Å². The molecular formula is C22H25N5O5S2. The molecule has 1 amide bonds. The number of aryl methyl sites for hydroxylation is 1. The third-order valence-corrected chi connectivity index (χ3v) is 8.45. The van der Waals surface area contributed by atoms with Crippen LogP contribution in [0, 0.1) is 23.0 Å². The molecule has 1 unspecified atom stereocenters. The molecule has 1 atom stereocenters. The Morgan fingerprint density at radius 3 is 2.59 bits per heavy atom. The SMILES string of the molecule is Cc1ccc(S(=O)(=O)N2CCN(C(=O)CSc3nc4ccc([N+](=O)[O-])cc4[nH]3)C2C(C)C)cc1. The van der Waals surface area contributed by atoms with Gasteiger partial charge in [0.25, 0.3) is 5.69 Å². The molecule has 1 aliphatic heterocycles. The van der Waals surface area contributed by atoms with Gasteiger partial charge >= 0.3 is 0 Å². The van der Waals surface area contributed by atoms with Crippen LogP contribution in [-0.4, -0.2) is 63.4 Å². The second-order valence-corrected chi connectivity index (χ2v) is 11.3. The highest BCUT2D eigenvalue weighted by Crippen LogP contribution is 2.30. The van der Waals surface area contributed by atoms with E-state index in [9.17, 15) is 23.3 Å². The van der Waals surface area contributed by atoms with Crippen LogP contribution in [0.25, 0.3) is 11.0 Å². The molecule has 10 nitrogen and oxygen atoms in total. The van der Waals surface area contributed by atoms with Gasteiger partial charge in [0.2, 0.25) is 15.9 Å². The second kappa shape index (κ2) is 9.35. The molecule has 2 aromatic carbocycles. The Balaban J connectivity index is 1.49. The number of aromatic amines is 1. The second-order valence-electron chi connectivity index (χ2n) is 8.46. The largest absolute Gasteiger partial charge is 0.333 e. The number of hydrogen-bond acceptors (Lipinski definition) is 7. The van der Waals surface area contributed by atoms with Gasteiger partial charge < -0.3 is 9.88 Å². The highest BCUT2D eigenvalue weighted by molar-refractivity contribution is 7.99. The predicted molar refractivity (Wildman–Crippen MR) is 129 cm³/mol. The number of thioether (sulfide) groups is 1. The monoisotopic (exact) mass is 503 g/mol. The zero-order chi connectivity index (χ0) is 24.6. The summed E-state index contributed by atoms with van der Waals surface area (Å²) in [5.41, 5.74) is 2.00. The first-order chi connectivity index (χ1) is 16.1. The van der Waals surface area contributed by atoms with E-state index in [1.165, 1.54) is 28.2 Å². The van der Waals surface area contributed by atoms with Crippen LogP contribution in [0.4, 0.5) is 5.69 Å². The first-order valence-corrected chi connectivity index (χ1v) is 13.2. The Labute approximate surface area is 201 Å². The number of H-pyrrole nitrogens is 1. The maximum atomic E-state index is 13.3. The lowest BCUT2D eigenvalue weighted by molar-refractivity contribution is -0.384. The predicted octanol–water partition coefficient (Wildman–Crippen LogP) is 3.39. The van der Waals surface area contributed by atoms with Crippen molar-refractivity contribution in [2.45, 2.75) is 37.0 Å². The van der Waals surface area contributed by atoms with Crippen molar-refractivity contribution in [3.8, 4) is 0 Å². The highest BCUT2D eigenvalue weighted by Gasteiger charge is 2.43. The number of rotatable bonds is 7. The maximum absolute atomic E-state index is 13.3. The van der Waals surface area contributed by atoms with Gasteiger partial charge in [-0.25, -0.2) is 13.4 Å². The fraction of sp³-hybridized carbons (Fsp3) is 0.364. The van der Waals surface area contributed by atoms with Crippen LogP contribution in [0.2, 0.25) is 0 Å². The average Bonchev–Trinajstić information content (AvgIpc) is 3.42. The number of hydrogen-bond donors (Lipinski definition) is 1. The molecule has 2 heterocycles.